The number of methoxy groups -OCH3 is 1. The maximum Gasteiger partial charge on any atom is 0.196 e. The second-order valence-electron chi connectivity index (χ2n) is 4.22. The fourth-order valence-corrected chi connectivity index (χ4v) is 2.29. The van der Waals surface area contributed by atoms with Gasteiger partial charge in [0.05, 0.1) is 12.8 Å². The topological polar surface area (TPSA) is 51.5 Å². The van der Waals surface area contributed by atoms with Gasteiger partial charge in [0.25, 0.3) is 0 Å². The molecule has 0 bridgehead atoms. The normalized spacial score (nSPS) is 10.8. The van der Waals surface area contributed by atoms with Gasteiger partial charge >= 0.3 is 0 Å². The summed E-state index contributed by atoms with van der Waals surface area (Å²) in [6, 6.07) is 5.88. The minimum absolute atomic E-state index is 0.454. The predicted octanol–water partition coefficient (Wildman–Crippen LogP) is 3.81. The van der Waals surface area contributed by atoms with Crippen molar-refractivity contribution in [2.24, 2.45) is 0 Å². The number of rotatable bonds is 9. The molecule has 0 radical (unpaired) electrons. The maximum atomic E-state index is 8.08. The largest absolute Gasteiger partial charge is 0.496 e. The summed E-state index contributed by atoms with van der Waals surface area (Å²) in [5.41, 5.74) is 1.52. The maximum absolute atomic E-state index is 8.08. The summed E-state index contributed by atoms with van der Waals surface area (Å²) in [4.78, 5) is 0. The van der Waals surface area contributed by atoms with Crippen molar-refractivity contribution in [2.75, 3.05) is 20.3 Å². The Labute approximate surface area is 129 Å². The third-order valence-electron chi connectivity index (χ3n) is 2.83. The van der Waals surface area contributed by atoms with Crippen LogP contribution in [0.1, 0.15) is 25.8 Å². The van der Waals surface area contributed by atoms with Gasteiger partial charge in [-0.1, -0.05) is 15.9 Å². The number of aryl methyl sites for hydroxylation is 1. The molecule has 4 nitrogen and oxygen atoms in total. The molecule has 0 heterocycles. The van der Waals surface area contributed by atoms with Crippen LogP contribution in [0.3, 0.4) is 0 Å². The number of hydrogen-bond acceptors (Lipinski definition) is 4. The van der Waals surface area contributed by atoms with Gasteiger partial charge in [0.1, 0.15) is 5.75 Å². The molecule has 0 amide bonds. The van der Waals surface area contributed by atoms with Gasteiger partial charge in [-0.05, 0) is 50.5 Å². The van der Waals surface area contributed by atoms with Crippen molar-refractivity contribution in [3.63, 3.8) is 0 Å². The van der Waals surface area contributed by atoms with Crippen LogP contribution in [0.15, 0.2) is 22.7 Å². The Morgan fingerprint density at radius 3 is 2.45 bits per heavy atom. The summed E-state index contributed by atoms with van der Waals surface area (Å²) in [5.74, 6) is 0.838. The van der Waals surface area contributed by atoms with Gasteiger partial charge in [0, 0.05) is 17.7 Å². The van der Waals surface area contributed by atoms with Crippen molar-refractivity contribution in [1.82, 2.24) is 0 Å². The molecule has 112 valence electrons. The second-order valence-corrected chi connectivity index (χ2v) is 5.14. The molecule has 0 aliphatic heterocycles. The van der Waals surface area contributed by atoms with Crippen LogP contribution in [-0.4, -0.2) is 32.3 Å². The smallest absolute Gasteiger partial charge is 0.196 e. The Morgan fingerprint density at radius 1 is 1.25 bits per heavy atom. The van der Waals surface area contributed by atoms with Crippen LogP contribution in [0.5, 0.6) is 5.75 Å². The van der Waals surface area contributed by atoms with Crippen molar-refractivity contribution in [3.05, 3.63) is 28.2 Å². The molecule has 0 saturated heterocycles. The van der Waals surface area contributed by atoms with E-state index in [4.69, 9.17) is 19.6 Å². The van der Waals surface area contributed by atoms with Gasteiger partial charge in [0.15, 0.2) is 6.29 Å². The van der Waals surface area contributed by atoms with Crippen molar-refractivity contribution < 1.29 is 14.2 Å². The molecule has 0 aromatic heterocycles. The first kappa shape index (κ1) is 17.1. The molecule has 0 aliphatic rings. The highest BCUT2D eigenvalue weighted by atomic mass is 79.9. The average Bonchev–Trinajstić information content (AvgIpc) is 2.44. The highest BCUT2D eigenvalue weighted by Crippen LogP contribution is 2.24. The van der Waals surface area contributed by atoms with E-state index in [0.717, 1.165) is 22.2 Å². The lowest BCUT2D eigenvalue weighted by Crippen LogP contribution is -2.27. The molecule has 5 heteroatoms. The minimum atomic E-state index is -0.539. The monoisotopic (exact) mass is 343 g/mol. The number of ether oxygens (including phenoxy) is 3. The van der Waals surface area contributed by atoms with Gasteiger partial charge in [-0.25, -0.2) is 0 Å². The third kappa shape index (κ3) is 5.23. The zero-order valence-corrected chi connectivity index (χ0v) is 13.8. The van der Waals surface area contributed by atoms with Crippen LogP contribution in [-0.2, 0) is 15.9 Å². The highest BCUT2D eigenvalue weighted by Gasteiger charge is 2.15. The fourth-order valence-electron chi connectivity index (χ4n) is 1.88. The van der Waals surface area contributed by atoms with E-state index in [1.165, 1.54) is 0 Å². The first-order chi connectivity index (χ1) is 9.62. The quantitative estimate of drug-likeness (QED) is 0.547. The Bertz CT molecular complexity index is 431. The van der Waals surface area contributed by atoms with Gasteiger partial charge in [0.2, 0.25) is 0 Å². The number of nitrogens with one attached hydrogen (secondary N) is 1. The summed E-state index contributed by atoms with van der Waals surface area (Å²) >= 11 is 3.45. The molecule has 0 aliphatic carbocycles. The van der Waals surface area contributed by atoms with E-state index in [9.17, 15) is 0 Å². The Balaban J connectivity index is 2.65. The zero-order valence-electron chi connectivity index (χ0n) is 12.2. The van der Waals surface area contributed by atoms with Gasteiger partial charge in [-0.2, -0.15) is 0 Å². The lowest BCUT2D eigenvalue weighted by molar-refractivity contribution is -0.0915. The first-order valence-corrected chi connectivity index (χ1v) is 7.54. The van der Waals surface area contributed by atoms with Crippen LogP contribution < -0.4 is 4.74 Å². The molecule has 0 atom stereocenters. The van der Waals surface area contributed by atoms with Crippen LogP contribution >= 0.6 is 15.9 Å². The van der Waals surface area contributed by atoms with Gasteiger partial charge in [-0.3, -0.25) is 0 Å². The third-order valence-corrected chi connectivity index (χ3v) is 3.32. The van der Waals surface area contributed by atoms with E-state index in [1.807, 2.05) is 32.0 Å². The number of hydrogen-bond donors (Lipinski definition) is 1. The molecule has 0 saturated carbocycles. The van der Waals surface area contributed by atoms with Crippen LogP contribution in [0.25, 0.3) is 0 Å². The van der Waals surface area contributed by atoms with Crippen LogP contribution in [0, 0.1) is 5.41 Å². The van der Waals surface area contributed by atoms with Crippen molar-refractivity contribution >= 4 is 21.6 Å². The Kier molecular flexibility index (Phi) is 7.80. The van der Waals surface area contributed by atoms with Crippen molar-refractivity contribution in [1.29, 1.82) is 5.41 Å². The number of benzene rings is 1. The summed E-state index contributed by atoms with van der Waals surface area (Å²) in [6.07, 6.45) is 0.762. The lowest BCUT2D eigenvalue weighted by atomic mass is 10.1. The van der Waals surface area contributed by atoms with E-state index in [0.29, 0.717) is 25.3 Å². The molecule has 1 aromatic carbocycles. The first-order valence-electron chi connectivity index (χ1n) is 6.75. The van der Waals surface area contributed by atoms with Crippen LogP contribution in [0.2, 0.25) is 0 Å². The predicted molar refractivity (Wildman–Crippen MR) is 83.8 cm³/mol. The Morgan fingerprint density at radius 2 is 1.90 bits per heavy atom. The Hall–Kier alpha value is -0.910. The molecule has 0 fully saturated rings. The molecule has 0 spiro atoms. The minimum Gasteiger partial charge on any atom is -0.496 e. The summed E-state index contributed by atoms with van der Waals surface area (Å²) in [5, 5.41) is 8.08. The van der Waals surface area contributed by atoms with Crippen LogP contribution in [0.4, 0.5) is 0 Å². The van der Waals surface area contributed by atoms with Gasteiger partial charge in [-0.15, -0.1) is 0 Å². The van der Waals surface area contributed by atoms with Crippen molar-refractivity contribution in [3.8, 4) is 5.75 Å². The van der Waals surface area contributed by atoms with E-state index >= 15 is 0 Å². The molecule has 1 rings (SSSR count). The molecular formula is C15H22BrNO3. The second kappa shape index (κ2) is 9.10. The number of halogens is 1. The summed E-state index contributed by atoms with van der Waals surface area (Å²) in [7, 11) is 1.65. The van der Waals surface area contributed by atoms with E-state index < -0.39 is 6.29 Å². The van der Waals surface area contributed by atoms with E-state index in [1.54, 1.807) is 7.11 Å². The fraction of sp³-hybridized carbons (Fsp3) is 0.533. The van der Waals surface area contributed by atoms with E-state index in [2.05, 4.69) is 15.9 Å². The SMILES string of the molecule is CCOC(OCC)C(=N)CCc1cc(Br)ccc1OC. The summed E-state index contributed by atoms with van der Waals surface area (Å²) in [6.45, 7) is 4.87. The van der Waals surface area contributed by atoms with Gasteiger partial charge < -0.3 is 19.6 Å². The molecule has 0 unspecified atom stereocenters. The standard InChI is InChI=1S/C15H22BrNO3/c1-4-19-15(20-5-2)13(17)8-6-11-10-12(16)7-9-14(11)18-3/h7,9-10,15,17H,4-6,8H2,1-3H3. The van der Waals surface area contributed by atoms with Crippen molar-refractivity contribution in [2.45, 2.75) is 33.0 Å². The zero-order chi connectivity index (χ0) is 15.0. The molecule has 1 N–H and O–H groups in total. The molecule has 20 heavy (non-hydrogen) atoms. The molecule has 1 aromatic rings. The lowest BCUT2D eigenvalue weighted by Gasteiger charge is -2.18. The van der Waals surface area contributed by atoms with E-state index in [-0.39, 0.29) is 0 Å². The summed E-state index contributed by atoms with van der Waals surface area (Å²) < 4.78 is 17.2. The molecular weight excluding hydrogens is 322 g/mol. The average molecular weight is 344 g/mol. The highest BCUT2D eigenvalue weighted by molar-refractivity contribution is 9.10.